The predicted molar refractivity (Wildman–Crippen MR) is 74.3 cm³/mol. The van der Waals surface area contributed by atoms with Gasteiger partial charge in [-0.25, -0.2) is 0 Å². The molecular formula is C14H26N2O4. The lowest BCUT2D eigenvalue weighted by Gasteiger charge is -2.24. The molecule has 2 aliphatic rings. The highest BCUT2D eigenvalue weighted by Crippen LogP contribution is 2.28. The molecule has 2 fully saturated rings. The van der Waals surface area contributed by atoms with E-state index in [-0.39, 0.29) is 18.2 Å². The average molecular weight is 286 g/mol. The van der Waals surface area contributed by atoms with Gasteiger partial charge in [0, 0.05) is 13.0 Å². The van der Waals surface area contributed by atoms with Crippen molar-refractivity contribution < 1.29 is 19.0 Å². The van der Waals surface area contributed by atoms with E-state index in [1.54, 1.807) is 0 Å². The van der Waals surface area contributed by atoms with Crippen LogP contribution < -0.4 is 10.6 Å². The summed E-state index contributed by atoms with van der Waals surface area (Å²) in [6.07, 6.45) is 4.72. The summed E-state index contributed by atoms with van der Waals surface area (Å²) < 4.78 is 16.1. The van der Waals surface area contributed by atoms with Crippen LogP contribution in [0.4, 0.5) is 0 Å². The number of carbonyl (C=O) groups is 1. The molecular weight excluding hydrogens is 260 g/mol. The van der Waals surface area contributed by atoms with E-state index in [0.717, 1.165) is 0 Å². The number of hydrogen-bond acceptors (Lipinski definition) is 5. The Kier molecular flexibility index (Phi) is 6.72. The first-order valence-electron chi connectivity index (χ1n) is 7.54. The summed E-state index contributed by atoms with van der Waals surface area (Å²) in [6.45, 7) is 2.84. The molecule has 1 aliphatic carbocycles. The van der Waals surface area contributed by atoms with E-state index in [1.807, 2.05) is 7.05 Å². The SMILES string of the molecule is CNC1OC1COCCOCCNC(=O)CC1CCC1. The topological polar surface area (TPSA) is 72.1 Å². The van der Waals surface area contributed by atoms with Gasteiger partial charge in [0.15, 0.2) is 0 Å². The Hall–Kier alpha value is -0.690. The van der Waals surface area contributed by atoms with Gasteiger partial charge in [0.05, 0.1) is 26.4 Å². The highest BCUT2D eigenvalue weighted by molar-refractivity contribution is 5.76. The Morgan fingerprint density at radius 2 is 2.05 bits per heavy atom. The fourth-order valence-corrected chi connectivity index (χ4v) is 2.24. The van der Waals surface area contributed by atoms with Crippen LogP contribution in [0.3, 0.4) is 0 Å². The van der Waals surface area contributed by atoms with Crippen molar-refractivity contribution in [3.05, 3.63) is 0 Å². The molecule has 1 saturated carbocycles. The Morgan fingerprint density at radius 1 is 1.25 bits per heavy atom. The van der Waals surface area contributed by atoms with Gasteiger partial charge in [0.25, 0.3) is 0 Å². The molecule has 1 heterocycles. The van der Waals surface area contributed by atoms with Crippen molar-refractivity contribution >= 4 is 5.91 Å². The van der Waals surface area contributed by atoms with Gasteiger partial charge in [0.1, 0.15) is 12.3 Å². The maximum absolute atomic E-state index is 11.5. The predicted octanol–water partition coefficient (Wildman–Crippen LogP) is 0.270. The molecule has 0 bridgehead atoms. The molecule has 2 rings (SSSR count). The second-order valence-corrected chi connectivity index (χ2v) is 5.42. The molecule has 1 amide bonds. The molecule has 0 aromatic rings. The molecule has 116 valence electrons. The van der Waals surface area contributed by atoms with E-state index in [0.29, 0.717) is 45.3 Å². The van der Waals surface area contributed by atoms with Crippen LogP contribution in [-0.4, -0.2) is 58.3 Å². The Morgan fingerprint density at radius 3 is 2.70 bits per heavy atom. The molecule has 0 radical (unpaired) electrons. The van der Waals surface area contributed by atoms with Crippen LogP contribution in [0.25, 0.3) is 0 Å². The number of hydrogen-bond donors (Lipinski definition) is 2. The number of likely N-dealkylation sites (N-methyl/N-ethyl adjacent to an activating group) is 1. The summed E-state index contributed by atoms with van der Waals surface area (Å²) >= 11 is 0. The largest absolute Gasteiger partial charge is 0.377 e. The van der Waals surface area contributed by atoms with Crippen LogP contribution in [0.2, 0.25) is 0 Å². The number of ether oxygens (including phenoxy) is 3. The molecule has 0 spiro atoms. The third-order valence-electron chi connectivity index (χ3n) is 3.79. The first-order valence-corrected chi connectivity index (χ1v) is 7.54. The molecule has 2 N–H and O–H groups in total. The van der Waals surface area contributed by atoms with E-state index in [1.165, 1.54) is 19.3 Å². The summed E-state index contributed by atoms with van der Waals surface area (Å²) in [5.41, 5.74) is 0. The molecule has 0 aromatic heterocycles. The van der Waals surface area contributed by atoms with E-state index in [4.69, 9.17) is 14.2 Å². The lowest BCUT2D eigenvalue weighted by atomic mass is 9.83. The van der Waals surface area contributed by atoms with Gasteiger partial charge in [-0.05, 0) is 25.8 Å². The lowest BCUT2D eigenvalue weighted by Crippen LogP contribution is -2.30. The third-order valence-corrected chi connectivity index (χ3v) is 3.79. The molecule has 20 heavy (non-hydrogen) atoms. The van der Waals surface area contributed by atoms with Crippen molar-refractivity contribution in [2.75, 3.05) is 40.0 Å². The van der Waals surface area contributed by atoms with Crippen LogP contribution >= 0.6 is 0 Å². The molecule has 1 saturated heterocycles. The minimum Gasteiger partial charge on any atom is -0.377 e. The van der Waals surface area contributed by atoms with Gasteiger partial charge in [-0.1, -0.05) is 6.42 Å². The fraction of sp³-hybridized carbons (Fsp3) is 0.929. The summed E-state index contributed by atoms with van der Waals surface area (Å²) in [4.78, 5) is 11.5. The van der Waals surface area contributed by atoms with Gasteiger partial charge in [-0.3, -0.25) is 10.1 Å². The molecule has 6 nitrogen and oxygen atoms in total. The van der Waals surface area contributed by atoms with Crippen molar-refractivity contribution in [3.8, 4) is 0 Å². The smallest absolute Gasteiger partial charge is 0.220 e. The average Bonchev–Trinajstić information content (AvgIpc) is 3.16. The van der Waals surface area contributed by atoms with E-state index >= 15 is 0 Å². The zero-order valence-corrected chi connectivity index (χ0v) is 12.2. The molecule has 0 aromatic carbocycles. The number of rotatable bonds is 11. The normalized spacial score (nSPS) is 25.2. The van der Waals surface area contributed by atoms with Crippen LogP contribution in [0.5, 0.6) is 0 Å². The van der Waals surface area contributed by atoms with Gasteiger partial charge >= 0.3 is 0 Å². The van der Waals surface area contributed by atoms with Crippen molar-refractivity contribution in [2.24, 2.45) is 5.92 Å². The molecule has 2 unspecified atom stereocenters. The van der Waals surface area contributed by atoms with Gasteiger partial charge in [-0.15, -0.1) is 0 Å². The number of amides is 1. The van der Waals surface area contributed by atoms with Crippen molar-refractivity contribution in [1.29, 1.82) is 0 Å². The molecule has 1 aliphatic heterocycles. The van der Waals surface area contributed by atoms with Gasteiger partial charge in [-0.2, -0.15) is 0 Å². The fourth-order valence-electron chi connectivity index (χ4n) is 2.24. The minimum atomic E-state index is 0.151. The van der Waals surface area contributed by atoms with Gasteiger partial charge in [0.2, 0.25) is 5.91 Å². The summed E-state index contributed by atoms with van der Waals surface area (Å²) in [5, 5.41) is 5.90. The zero-order valence-electron chi connectivity index (χ0n) is 12.2. The maximum Gasteiger partial charge on any atom is 0.220 e. The van der Waals surface area contributed by atoms with Crippen molar-refractivity contribution in [3.63, 3.8) is 0 Å². The lowest BCUT2D eigenvalue weighted by molar-refractivity contribution is -0.122. The monoisotopic (exact) mass is 286 g/mol. The third kappa shape index (κ3) is 5.75. The first-order chi connectivity index (χ1) is 9.79. The quantitative estimate of drug-likeness (QED) is 0.421. The second kappa shape index (κ2) is 8.56. The zero-order chi connectivity index (χ0) is 14.2. The van der Waals surface area contributed by atoms with Gasteiger partial charge < -0.3 is 19.5 Å². The summed E-state index contributed by atoms with van der Waals surface area (Å²) in [7, 11) is 1.87. The van der Waals surface area contributed by atoms with Crippen molar-refractivity contribution in [2.45, 2.75) is 38.0 Å². The summed E-state index contributed by atoms with van der Waals surface area (Å²) in [5.74, 6) is 0.772. The van der Waals surface area contributed by atoms with Crippen molar-refractivity contribution in [1.82, 2.24) is 10.6 Å². The number of epoxide rings is 1. The maximum atomic E-state index is 11.5. The standard InChI is InChI=1S/C14H26N2O4/c1-15-14-12(20-14)10-19-8-7-18-6-5-16-13(17)9-11-3-2-4-11/h11-12,14-15H,2-10H2,1H3,(H,16,17). The van der Waals surface area contributed by atoms with Crippen LogP contribution in [-0.2, 0) is 19.0 Å². The second-order valence-electron chi connectivity index (χ2n) is 5.42. The highest BCUT2D eigenvalue weighted by Gasteiger charge is 2.37. The first kappa shape index (κ1) is 15.7. The van der Waals surface area contributed by atoms with E-state index in [2.05, 4.69) is 10.6 Å². The van der Waals surface area contributed by atoms with Crippen LogP contribution in [0.15, 0.2) is 0 Å². The number of carbonyl (C=O) groups excluding carboxylic acids is 1. The van der Waals surface area contributed by atoms with Crippen LogP contribution in [0.1, 0.15) is 25.7 Å². The Bertz CT molecular complexity index is 297. The molecule has 6 heteroatoms. The van der Waals surface area contributed by atoms with Crippen LogP contribution in [0, 0.1) is 5.92 Å². The Balaban J connectivity index is 1.30. The number of nitrogens with one attached hydrogen (secondary N) is 2. The Labute approximate surface area is 120 Å². The summed E-state index contributed by atoms with van der Waals surface area (Å²) in [6, 6.07) is 0. The van der Waals surface area contributed by atoms with E-state index < -0.39 is 0 Å². The molecule has 2 atom stereocenters. The minimum absolute atomic E-state index is 0.151. The van der Waals surface area contributed by atoms with E-state index in [9.17, 15) is 4.79 Å². The highest BCUT2D eigenvalue weighted by atomic mass is 16.6.